The minimum atomic E-state index is -4.01. The molecule has 2 heterocycles. The summed E-state index contributed by atoms with van der Waals surface area (Å²) in [5.41, 5.74) is 0. The topological polar surface area (TPSA) is 97.2 Å². The Labute approximate surface area is 155 Å². The first-order valence-corrected chi connectivity index (χ1v) is 9.92. The van der Waals surface area contributed by atoms with Crippen molar-refractivity contribution in [2.75, 3.05) is 19.6 Å². The maximum Gasteiger partial charge on any atom is 0.240 e. The molecule has 27 heavy (non-hydrogen) atoms. The van der Waals surface area contributed by atoms with E-state index < -0.39 is 21.7 Å². The van der Waals surface area contributed by atoms with Gasteiger partial charge >= 0.3 is 0 Å². The van der Waals surface area contributed by atoms with Crippen LogP contribution in [0.4, 0.5) is 8.78 Å². The van der Waals surface area contributed by atoms with Gasteiger partial charge in [0.2, 0.25) is 15.9 Å². The number of nitrogens with one attached hydrogen (secondary N) is 1. The molecule has 11 heteroatoms. The molecule has 0 aliphatic carbocycles. The van der Waals surface area contributed by atoms with Crippen molar-refractivity contribution in [3.8, 4) is 0 Å². The number of amides is 1. The smallest absolute Gasteiger partial charge is 0.240 e. The van der Waals surface area contributed by atoms with Crippen molar-refractivity contribution in [3.05, 3.63) is 42.5 Å². The number of nitrogens with zero attached hydrogens (tertiary/aromatic N) is 4. The van der Waals surface area contributed by atoms with Crippen molar-refractivity contribution in [3.63, 3.8) is 0 Å². The van der Waals surface area contributed by atoms with Gasteiger partial charge in [-0.05, 0) is 31.0 Å². The first-order valence-electron chi connectivity index (χ1n) is 8.43. The summed E-state index contributed by atoms with van der Waals surface area (Å²) < 4.78 is 54.3. The zero-order valence-electron chi connectivity index (χ0n) is 14.4. The number of carbonyl (C=O) groups excluding carboxylic acids is 1. The highest BCUT2D eigenvalue weighted by Crippen LogP contribution is 2.21. The van der Waals surface area contributed by atoms with E-state index in [1.54, 1.807) is 15.9 Å². The van der Waals surface area contributed by atoms with E-state index in [1.807, 2.05) is 0 Å². The van der Waals surface area contributed by atoms with E-state index in [9.17, 15) is 22.0 Å². The Kier molecular flexibility index (Phi) is 5.80. The maximum atomic E-state index is 13.2. The van der Waals surface area contributed by atoms with Gasteiger partial charge in [0.1, 0.15) is 12.7 Å². The molecule has 1 fully saturated rings. The van der Waals surface area contributed by atoms with Gasteiger partial charge in [0.25, 0.3) is 0 Å². The van der Waals surface area contributed by atoms with Gasteiger partial charge in [-0.1, -0.05) is 0 Å². The number of aromatic nitrogens is 3. The Hall–Kier alpha value is -2.40. The summed E-state index contributed by atoms with van der Waals surface area (Å²) in [6.45, 7) is 0.988. The number of sulfonamides is 1. The number of likely N-dealkylation sites (tertiary alicyclic amines) is 1. The Balaban J connectivity index is 1.47. The van der Waals surface area contributed by atoms with Gasteiger partial charge in [-0.2, -0.15) is 5.10 Å². The molecule has 1 aliphatic rings. The van der Waals surface area contributed by atoms with E-state index in [-0.39, 0.29) is 29.8 Å². The largest absolute Gasteiger partial charge is 0.343 e. The Bertz CT molecular complexity index is 897. The number of hydrogen-bond donors (Lipinski definition) is 1. The fourth-order valence-corrected chi connectivity index (χ4v) is 4.01. The molecule has 0 atom stereocenters. The van der Waals surface area contributed by atoms with Crippen molar-refractivity contribution >= 4 is 15.9 Å². The zero-order chi connectivity index (χ0) is 19.4. The minimum absolute atomic E-state index is 0.0170. The third kappa shape index (κ3) is 4.66. The third-order valence-corrected chi connectivity index (χ3v) is 5.92. The molecule has 0 unspecified atom stereocenters. The van der Waals surface area contributed by atoms with E-state index in [2.05, 4.69) is 14.8 Å². The summed E-state index contributed by atoms with van der Waals surface area (Å²) in [5, 5.41) is 4.10. The highest BCUT2D eigenvalue weighted by Gasteiger charge is 2.24. The molecule has 1 aromatic carbocycles. The Morgan fingerprint density at radius 3 is 2.59 bits per heavy atom. The lowest BCUT2D eigenvalue weighted by Crippen LogP contribution is -2.40. The maximum absolute atomic E-state index is 13.2. The number of hydrogen-bond acceptors (Lipinski definition) is 5. The van der Waals surface area contributed by atoms with Crippen LogP contribution < -0.4 is 4.72 Å². The van der Waals surface area contributed by atoms with E-state index in [0.29, 0.717) is 19.2 Å². The molecule has 1 N–H and O–H groups in total. The Morgan fingerprint density at radius 2 is 1.96 bits per heavy atom. The highest BCUT2D eigenvalue weighted by atomic mass is 32.2. The lowest BCUT2D eigenvalue weighted by atomic mass is 10.1. The third-order valence-electron chi connectivity index (χ3n) is 4.46. The fraction of sp³-hybridized carbons (Fsp3) is 0.438. The second kappa shape index (κ2) is 8.09. The predicted octanol–water partition coefficient (Wildman–Crippen LogP) is 1.09. The van der Waals surface area contributed by atoms with E-state index >= 15 is 0 Å². The first-order chi connectivity index (χ1) is 12.9. The number of benzene rings is 1. The van der Waals surface area contributed by atoms with Crippen LogP contribution in [0, 0.1) is 11.6 Å². The molecule has 2 aromatic rings. The number of halogens is 2. The summed E-state index contributed by atoms with van der Waals surface area (Å²) in [4.78, 5) is 17.5. The van der Waals surface area contributed by atoms with Crippen LogP contribution in [0.1, 0.15) is 25.3 Å². The van der Waals surface area contributed by atoms with Crippen LogP contribution >= 0.6 is 0 Å². The standard InChI is InChI=1S/C16H19F2N5O3S/c17-14-2-1-13(9-15(14)18)27(25,26)21-6-3-16(24)22-7-4-12(5-8-22)23-11-19-10-20-23/h1-2,9-12,21H,3-8H2. The van der Waals surface area contributed by atoms with Crippen molar-refractivity contribution < 1.29 is 22.0 Å². The molecule has 1 aliphatic heterocycles. The van der Waals surface area contributed by atoms with Crippen LogP contribution in [-0.2, 0) is 14.8 Å². The molecule has 3 rings (SSSR count). The lowest BCUT2D eigenvalue weighted by Gasteiger charge is -2.32. The molecule has 8 nitrogen and oxygen atoms in total. The predicted molar refractivity (Wildman–Crippen MR) is 91.0 cm³/mol. The van der Waals surface area contributed by atoms with Crippen LogP contribution in [0.25, 0.3) is 0 Å². The van der Waals surface area contributed by atoms with Gasteiger partial charge in [-0.15, -0.1) is 0 Å². The molecular formula is C16H19F2N5O3S. The average molecular weight is 399 g/mol. The summed E-state index contributed by atoms with van der Waals surface area (Å²) >= 11 is 0. The van der Waals surface area contributed by atoms with Crippen LogP contribution in [0.5, 0.6) is 0 Å². The SMILES string of the molecule is O=C(CCNS(=O)(=O)c1ccc(F)c(F)c1)N1CCC(n2cncn2)CC1. The second-order valence-corrected chi connectivity index (χ2v) is 7.98. The Morgan fingerprint density at radius 1 is 1.22 bits per heavy atom. The molecule has 1 amide bonds. The van der Waals surface area contributed by atoms with Crippen molar-refractivity contribution in [1.29, 1.82) is 0 Å². The van der Waals surface area contributed by atoms with Gasteiger partial charge in [0.05, 0.1) is 10.9 Å². The van der Waals surface area contributed by atoms with E-state index in [0.717, 1.165) is 25.0 Å². The quantitative estimate of drug-likeness (QED) is 0.784. The van der Waals surface area contributed by atoms with Crippen LogP contribution in [0.15, 0.2) is 35.7 Å². The van der Waals surface area contributed by atoms with Gasteiger partial charge in [-0.3, -0.25) is 4.79 Å². The summed E-state index contributed by atoms with van der Waals surface area (Å²) in [5.74, 6) is -2.54. The van der Waals surface area contributed by atoms with Crippen molar-refractivity contribution in [1.82, 2.24) is 24.4 Å². The number of carbonyl (C=O) groups is 1. The first kappa shape index (κ1) is 19.4. The monoisotopic (exact) mass is 399 g/mol. The number of piperidine rings is 1. The number of rotatable bonds is 6. The molecule has 0 saturated carbocycles. The molecule has 0 bridgehead atoms. The molecule has 0 radical (unpaired) electrons. The zero-order valence-corrected chi connectivity index (χ0v) is 15.2. The molecule has 1 saturated heterocycles. The van der Waals surface area contributed by atoms with Crippen molar-refractivity contribution in [2.45, 2.75) is 30.2 Å². The second-order valence-electron chi connectivity index (χ2n) is 6.21. The van der Waals surface area contributed by atoms with E-state index in [1.165, 1.54) is 6.33 Å². The molecule has 0 spiro atoms. The normalized spacial score (nSPS) is 15.9. The molecule has 146 valence electrons. The fourth-order valence-electron chi connectivity index (χ4n) is 2.96. The van der Waals surface area contributed by atoms with Crippen molar-refractivity contribution in [2.24, 2.45) is 0 Å². The average Bonchev–Trinajstić information content (AvgIpc) is 3.18. The molecule has 1 aromatic heterocycles. The van der Waals surface area contributed by atoms with Gasteiger partial charge in [-0.25, -0.2) is 31.6 Å². The van der Waals surface area contributed by atoms with Gasteiger partial charge in [0, 0.05) is 26.1 Å². The van der Waals surface area contributed by atoms with Crippen LogP contribution in [0.3, 0.4) is 0 Å². The van der Waals surface area contributed by atoms with Gasteiger partial charge in [0.15, 0.2) is 11.6 Å². The van der Waals surface area contributed by atoms with Gasteiger partial charge < -0.3 is 4.90 Å². The van der Waals surface area contributed by atoms with E-state index in [4.69, 9.17) is 0 Å². The highest BCUT2D eigenvalue weighted by molar-refractivity contribution is 7.89. The molecular weight excluding hydrogens is 380 g/mol. The van der Waals surface area contributed by atoms with Crippen LogP contribution in [-0.4, -0.2) is 53.6 Å². The summed E-state index contributed by atoms with van der Waals surface area (Å²) in [6.07, 6.45) is 4.59. The lowest BCUT2D eigenvalue weighted by molar-refractivity contribution is -0.132. The van der Waals surface area contributed by atoms with Crippen LogP contribution in [0.2, 0.25) is 0 Å². The minimum Gasteiger partial charge on any atom is -0.343 e. The summed E-state index contributed by atoms with van der Waals surface area (Å²) in [6, 6.07) is 2.52. The summed E-state index contributed by atoms with van der Waals surface area (Å²) in [7, 11) is -4.01.